The first-order valence-corrected chi connectivity index (χ1v) is 7.20. The van der Waals surface area contributed by atoms with Gasteiger partial charge in [-0.15, -0.1) is 0 Å². The van der Waals surface area contributed by atoms with E-state index in [0.29, 0.717) is 11.9 Å². The molecule has 2 heterocycles. The van der Waals surface area contributed by atoms with Crippen LogP contribution in [0.3, 0.4) is 0 Å². The van der Waals surface area contributed by atoms with Crippen LogP contribution in [0.1, 0.15) is 38.6 Å². The van der Waals surface area contributed by atoms with Crippen molar-refractivity contribution in [3.8, 4) is 0 Å². The average Bonchev–Trinajstić information content (AvgIpc) is 3.23. The molecule has 0 unspecified atom stereocenters. The maximum atomic E-state index is 12.3. The van der Waals surface area contributed by atoms with E-state index < -0.39 is 0 Å². The van der Waals surface area contributed by atoms with Crippen LogP contribution >= 0.6 is 0 Å². The van der Waals surface area contributed by atoms with Crippen molar-refractivity contribution in [1.82, 2.24) is 14.9 Å². The molecule has 2 fully saturated rings. The van der Waals surface area contributed by atoms with E-state index in [2.05, 4.69) is 22.5 Å². The topological polar surface area (TPSA) is 59.0 Å². The van der Waals surface area contributed by atoms with Crippen molar-refractivity contribution >= 4 is 5.82 Å². The SMILES string of the molecule is CC1(CNc2nccn(C3CC3)c2=O)CCNCC1. The predicted octanol–water partition coefficient (Wildman–Crippen LogP) is 1.38. The third-order valence-corrected chi connectivity index (χ3v) is 4.30. The minimum absolute atomic E-state index is 0.0301. The van der Waals surface area contributed by atoms with E-state index in [0.717, 1.165) is 45.3 Å². The summed E-state index contributed by atoms with van der Waals surface area (Å²) >= 11 is 0. The summed E-state index contributed by atoms with van der Waals surface area (Å²) in [6.07, 6.45) is 8.05. The van der Waals surface area contributed by atoms with Crippen LogP contribution < -0.4 is 16.2 Å². The van der Waals surface area contributed by atoms with Gasteiger partial charge in [-0.05, 0) is 44.2 Å². The van der Waals surface area contributed by atoms with Gasteiger partial charge >= 0.3 is 0 Å². The van der Waals surface area contributed by atoms with Gasteiger partial charge in [0.25, 0.3) is 5.56 Å². The highest BCUT2D eigenvalue weighted by Crippen LogP contribution is 2.33. The van der Waals surface area contributed by atoms with Gasteiger partial charge in [0.15, 0.2) is 5.82 Å². The molecule has 2 N–H and O–H groups in total. The largest absolute Gasteiger partial charge is 0.365 e. The molecule has 1 saturated carbocycles. The fourth-order valence-electron chi connectivity index (χ4n) is 2.69. The highest BCUT2D eigenvalue weighted by Gasteiger charge is 2.28. The van der Waals surface area contributed by atoms with Crippen LogP contribution in [-0.4, -0.2) is 29.2 Å². The Bertz CT molecular complexity index is 500. The second kappa shape index (κ2) is 4.96. The molecule has 0 atom stereocenters. The third kappa shape index (κ3) is 2.81. The summed E-state index contributed by atoms with van der Waals surface area (Å²) < 4.78 is 1.82. The first-order valence-electron chi connectivity index (χ1n) is 7.20. The van der Waals surface area contributed by atoms with E-state index in [1.807, 2.05) is 4.57 Å². The standard InChI is InChI=1S/C14H22N4O/c1-14(4-6-15-7-5-14)10-17-12-13(19)18(9-8-16-12)11-2-3-11/h8-9,11,15H,2-7,10H2,1H3,(H,16,17). The minimum atomic E-state index is 0.0301. The van der Waals surface area contributed by atoms with Gasteiger partial charge in [0.1, 0.15) is 0 Å². The zero-order valence-electron chi connectivity index (χ0n) is 11.5. The lowest BCUT2D eigenvalue weighted by Gasteiger charge is -2.34. The smallest absolute Gasteiger partial charge is 0.293 e. The molecule has 1 aromatic rings. The van der Waals surface area contributed by atoms with Gasteiger partial charge in [0, 0.05) is 25.0 Å². The molecule has 1 aliphatic heterocycles. The van der Waals surface area contributed by atoms with Gasteiger partial charge in [-0.1, -0.05) is 6.92 Å². The summed E-state index contributed by atoms with van der Waals surface area (Å²) in [6, 6.07) is 0.408. The molecule has 0 bridgehead atoms. The molecule has 3 rings (SSSR count). The minimum Gasteiger partial charge on any atom is -0.365 e. The first kappa shape index (κ1) is 12.7. The summed E-state index contributed by atoms with van der Waals surface area (Å²) in [5.41, 5.74) is 0.294. The molecule has 0 amide bonds. The van der Waals surface area contributed by atoms with E-state index in [-0.39, 0.29) is 11.0 Å². The Balaban J connectivity index is 1.69. The molecule has 1 saturated heterocycles. The molecular weight excluding hydrogens is 240 g/mol. The maximum absolute atomic E-state index is 12.3. The van der Waals surface area contributed by atoms with Crippen molar-refractivity contribution in [3.63, 3.8) is 0 Å². The molecule has 0 radical (unpaired) electrons. The second-order valence-electron chi connectivity index (χ2n) is 6.13. The Morgan fingerprint density at radius 3 is 2.89 bits per heavy atom. The predicted molar refractivity (Wildman–Crippen MR) is 75.5 cm³/mol. The van der Waals surface area contributed by atoms with Gasteiger partial charge in [-0.25, -0.2) is 4.98 Å². The number of aromatic nitrogens is 2. The van der Waals surface area contributed by atoms with Gasteiger partial charge in [-0.2, -0.15) is 0 Å². The molecule has 0 spiro atoms. The van der Waals surface area contributed by atoms with Gasteiger partial charge in [0.05, 0.1) is 0 Å². The van der Waals surface area contributed by atoms with E-state index in [4.69, 9.17) is 0 Å². The van der Waals surface area contributed by atoms with Crippen molar-refractivity contribution in [3.05, 3.63) is 22.7 Å². The summed E-state index contributed by atoms with van der Waals surface area (Å²) in [5, 5.41) is 6.65. The van der Waals surface area contributed by atoms with Crippen molar-refractivity contribution in [2.75, 3.05) is 25.0 Å². The van der Waals surface area contributed by atoms with Gasteiger partial charge < -0.3 is 15.2 Å². The van der Waals surface area contributed by atoms with Crippen molar-refractivity contribution in [2.45, 2.75) is 38.6 Å². The van der Waals surface area contributed by atoms with E-state index >= 15 is 0 Å². The van der Waals surface area contributed by atoms with Gasteiger partial charge in [0.2, 0.25) is 0 Å². The Morgan fingerprint density at radius 1 is 1.47 bits per heavy atom. The van der Waals surface area contributed by atoms with E-state index in [9.17, 15) is 4.79 Å². The molecule has 2 aliphatic rings. The van der Waals surface area contributed by atoms with Crippen LogP contribution in [0.5, 0.6) is 0 Å². The van der Waals surface area contributed by atoms with Crippen molar-refractivity contribution < 1.29 is 0 Å². The zero-order chi connectivity index (χ0) is 13.3. The second-order valence-corrected chi connectivity index (χ2v) is 6.13. The van der Waals surface area contributed by atoms with Gasteiger partial charge in [-0.3, -0.25) is 4.79 Å². The van der Waals surface area contributed by atoms with Crippen LogP contribution in [0.25, 0.3) is 0 Å². The fourth-order valence-corrected chi connectivity index (χ4v) is 2.69. The van der Waals surface area contributed by atoms with E-state index in [1.165, 1.54) is 0 Å². The summed E-state index contributed by atoms with van der Waals surface area (Å²) in [5.74, 6) is 0.508. The summed E-state index contributed by atoms with van der Waals surface area (Å²) in [6.45, 7) is 5.23. The number of piperidine rings is 1. The highest BCUT2D eigenvalue weighted by molar-refractivity contribution is 5.31. The van der Waals surface area contributed by atoms with Crippen LogP contribution in [-0.2, 0) is 0 Å². The summed E-state index contributed by atoms with van der Waals surface area (Å²) in [4.78, 5) is 16.5. The van der Waals surface area contributed by atoms with Crippen molar-refractivity contribution in [2.24, 2.45) is 5.41 Å². The average molecular weight is 262 g/mol. The van der Waals surface area contributed by atoms with Crippen LogP contribution in [0.2, 0.25) is 0 Å². The Morgan fingerprint density at radius 2 is 2.21 bits per heavy atom. The molecule has 1 aliphatic carbocycles. The Hall–Kier alpha value is -1.36. The lowest BCUT2D eigenvalue weighted by atomic mass is 9.81. The highest BCUT2D eigenvalue weighted by atomic mass is 16.1. The lowest BCUT2D eigenvalue weighted by Crippen LogP contribution is -2.40. The number of nitrogens with zero attached hydrogens (tertiary/aromatic N) is 2. The molecule has 5 nitrogen and oxygen atoms in total. The lowest BCUT2D eigenvalue weighted by molar-refractivity contribution is 0.247. The summed E-state index contributed by atoms with van der Waals surface area (Å²) in [7, 11) is 0. The normalized spacial score (nSPS) is 22.2. The fraction of sp³-hybridized carbons (Fsp3) is 0.714. The molecule has 0 aromatic carbocycles. The molecule has 5 heteroatoms. The maximum Gasteiger partial charge on any atom is 0.293 e. The number of hydrogen-bond acceptors (Lipinski definition) is 4. The van der Waals surface area contributed by atoms with Crippen LogP contribution in [0.4, 0.5) is 5.82 Å². The molecule has 104 valence electrons. The Kier molecular flexibility index (Phi) is 3.31. The number of anilines is 1. The molecule has 19 heavy (non-hydrogen) atoms. The quantitative estimate of drug-likeness (QED) is 0.860. The van der Waals surface area contributed by atoms with Crippen LogP contribution in [0, 0.1) is 5.41 Å². The van der Waals surface area contributed by atoms with Crippen molar-refractivity contribution in [1.29, 1.82) is 0 Å². The Labute approximate surface area is 113 Å². The van der Waals surface area contributed by atoms with Crippen LogP contribution in [0.15, 0.2) is 17.2 Å². The van der Waals surface area contributed by atoms with E-state index in [1.54, 1.807) is 12.4 Å². The third-order valence-electron chi connectivity index (χ3n) is 4.30. The monoisotopic (exact) mass is 262 g/mol. The molecule has 1 aromatic heterocycles. The number of rotatable bonds is 4. The zero-order valence-corrected chi connectivity index (χ0v) is 11.5. The number of nitrogens with one attached hydrogen (secondary N) is 2. The number of hydrogen-bond donors (Lipinski definition) is 2. The first-order chi connectivity index (χ1) is 9.18. The molecular formula is C14H22N4O.